The second-order valence-electron chi connectivity index (χ2n) is 3.16. The maximum atomic E-state index is 11.3. The predicted octanol–water partition coefficient (Wildman–Crippen LogP) is 2.47. The number of fused-ring (bicyclic) bond motifs is 1. The smallest absolute Gasteiger partial charge is 0.338 e. The maximum absolute atomic E-state index is 11.3. The van der Waals surface area contributed by atoms with E-state index in [1.807, 2.05) is 19.1 Å². The summed E-state index contributed by atoms with van der Waals surface area (Å²) in [5.41, 5.74) is 2.85. The van der Waals surface area contributed by atoms with Gasteiger partial charge in [0.15, 0.2) is 0 Å². The van der Waals surface area contributed by atoms with Gasteiger partial charge >= 0.3 is 5.97 Å². The fourth-order valence-corrected chi connectivity index (χ4v) is 2.30. The quantitative estimate of drug-likeness (QED) is 0.652. The molecule has 0 fully saturated rings. The number of esters is 1. The van der Waals surface area contributed by atoms with Crippen molar-refractivity contribution in [1.29, 1.82) is 0 Å². The van der Waals surface area contributed by atoms with Gasteiger partial charge in [0.05, 0.1) is 12.2 Å². The molecule has 0 N–H and O–H groups in total. The summed E-state index contributed by atoms with van der Waals surface area (Å²) < 4.78 is 5.97. The third-order valence-corrected chi connectivity index (χ3v) is 2.85. The molecule has 0 bridgehead atoms. The molecule has 0 saturated heterocycles. The Kier molecular flexibility index (Phi) is 2.12. The van der Waals surface area contributed by atoms with Crippen LogP contribution in [-0.2, 0) is 11.2 Å². The minimum Gasteiger partial charge on any atom is -0.462 e. The highest BCUT2D eigenvalue weighted by atomic mass is 79.9. The Labute approximate surface area is 85.0 Å². The highest BCUT2D eigenvalue weighted by Gasteiger charge is 2.20. The summed E-state index contributed by atoms with van der Waals surface area (Å²) in [6.45, 7) is 2.46. The van der Waals surface area contributed by atoms with E-state index in [1.165, 1.54) is 0 Å². The number of ether oxygens (including phenoxy) is 1. The van der Waals surface area contributed by atoms with Crippen LogP contribution in [0.15, 0.2) is 16.6 Å². The number of cyclic esters (lactones) is 1. The van der Waals surface area contributed by atoms with Gasteiger partial charge in [-0.3, -0.25) is 0 Å². The Morgan fingerprint density at radius 2 is 2.23 bits per heavy atom. The molecule has 0 amide bonds. The van der Waals surface area contributed by atoms with Crippen LogP contribution in [-0.4, -0.2) is 12.6 Å². The van der Waals surface area contributed by atoms with Crippen LogP contribution in [0.25, 0.3) is 0 Å². The van der Waals surface area contributed by atoms with Crippen LogP contribution in [0, 0.1) is 6.92 Å². The Morgan fingerprint density at radius 3 is 3.00 bits per heavy atom. The Morgan fingerprint density at radius 1 is 1.46 bits per heavy atom. The molecule has 0 aromatic heterocycles. The van der Waals surface area contributed by atoms with Gasteiger partial charge in [0.1, 0.15) is 0 Å². The summed E-state index contributed by atoms with van der Waals surface area (Å²) >= 11 is 3.45. The highest BCUT2D eigenvalue weighted by Crippen LogP contribution is 2.26. The van der Waals surface area contributed by atoms with Crippen LogP contribution in [0.2, 0.25) is 0 Å². The maximum Gasteiger partial charge on any atom is 0.338 e. The van der Waals surface area contributed by atoms with Crippen molar-refractivity contribution >= 4 is 21.9 Å². The third-order valence-electron chi connectivity index (χ3n) is 2.14. The van der Waals surface area contributed by atoms with Crippen molar-refractivity contribution in [3.8, 4) is 0 Å². The third kappa shape index (κ3) is 1.48. The van der Waals surface area contributed by atoms with Crippen molar-refractivity contribution in [1.82, 2.24) is 0 Å². The van der Waals surface area contributed by atoms with Crippen LogP contribution in [0.1, 0.15) is 21.5 Å². The second-order valence-corrected chi connectivity index (χ2v) is 4.01. The van der Waals surface area contributed by atoms with Crippen molar-refractivity contribution in [2.45, 2.75) is 13.3 Å². The fourth-order valence-electron chi connectivity index (χ4n) is 1.53. The molecule has 0 atom stereocenters. The lowest BCUT2D eigenvalue weighted by Gasteiger charge is -2.17. The van der Waals surface area contributed by atoms with Crippen molar-refractivity contribution in [2.75, 3.05) is 6.61 Å². The number of rotatable bonds is 0. The molecule has 68 valence electrons. The van der Waals surface area contributed by atoms with Gasteiger partial charge in [-0.1, -0.05) is 15.9 Å². The molecule has 3 heteroatoms. The normalized spacial score (nSPS) is 15.1. The molecule has 0 unspecified atom stereocenters. The number of carbonyl (C=O) groups excluding carboxylic acids is 1. The predicted molar refractivity (Wildman–Crippen MR) is 52.9 cm³/mol. The van der Waals surface area contributed by atoms with Gasteiger partial charge in [-0.05, 0) is 30.2 Å². The highest BCUT2D eigenvalue weighted by molar-refractivity contribution is 9.10. The molecule has 2 nitrogen and oxygen atoms in total. The van der Waals surface area contributed by atoms with E-state index in [0.29, 0.717) is 12.2 Å². The molecule has 1 aliphatic rings. The largest absolute Gasteiger partial charge is 0.462 e. The summed E-state index contributed by atoms with van der Waals surface area (Å²) in [5, 5.41) is 0. The molecular weight excluding hydrogens is 232 g/mol. The van der Waals surface area contributed by atoms with Gasteiger partial charge in [0.25, 0.3) is 0 Å². The van der Waals surface area contributed by atoms with Gasteiger partial charge in [-0.15, -0.1) is 0 Å². The average molecular weight is 241 g/mol. The number of carbonyl (C=O) groups is 1. The summed E-state index contributed by atoms with van der Waals surface area (Å²) in [4.78, 5) is 11.3. The van der Waals surface area contributed by atoms with E-state index in [9.17, 15) is 4.79 Å². The first-order valence-electron chi connectivity index (χ1n) is 4.14. The SMILES string of the molecule is Cc1cc(Br)c2c(c1)C(=O)OCC2. The van der Waals surface area contributed by atoms with Gasteiger partial charge in [-0.25, -0.2) is 4.79 Å². The molecule has 2 rings (SSSR count). The number of hydrogen-bond acceptors (Lipinski definition) is 2. The van der Waals surface area contributed by atoms with Gasteiger partial charge in [0, 0.05) is 10.9 Å². The summed E-state index contributed by atoms with van der Waals surface area (Å²) in [6.07, 6.45) is 0.807. The van der Waals surface area contributed by atoms with E-state index in [4.69, 9.17) is 4.74 Å². The lowest BCUT2D eigenvalue weighted by molar-refractivity contribution is 0.0479. The summed E-state index contributed by atoms with van der Waals surface area (Å²) in [7, 11) is 0. The van der Waals surface area contributed by atoms with E-state index >= 15 is 0 Å². The standard InChI is InChI=1S/C10H9BrO2/c1-6-4-8-7(9(11)5-6)2-3-13-10(8)12/h4-5H,2-3H2,1H3. The molecule has 1 aliphatic heterocycles. The van der Waals surface area contributed by atoms with E-state index in [1.54, 1.807) is 0 Å². The molecule has 0 spiro atoms. The topological polar surface area (TPSA) is 26.3 Å². The molecule has 1 aromatic rings. The average Bonchev–Trinajstić information content (AvgIpc) is 2.07. The molecule has 1 aromatic carbocycles. The van der Waals surface area contributed by atoms with Gasteiger partial charge in [-0.2, -0.15) is 0 Å². The molecule has 13 heavy (non-hydrogen) atoms. The Bertz CT molecular complexity index is 371. The minimum absolute atomic E-state index is 0.203. The van der Waals surface area contributed by atoms with Crippen molar-refractivity contribution in [2.24, 2.45) is 0 Å². The molecule has 0 aliphatic carbocycles. The monoisotopic (exact) mass is 240 g/mol. The number of benzene rings is 1. The Hall–Kier alpha value is -0.830. The molecule has 0 saturated carbocycles. The molecular formula is C10H9BrO2. The van der Waals surface area contributed by atoms with Gasteiger partial charge < -0.3 is 4.74 Å². The molecule has 0 radical (unpaired) electrons. The summed E-state index contributed by atoms with van der Waals surface area (Å²) in [5.74, 6) is -0.203. The van der Waals surface area contributed by atoms with E-state index < -0.39 is 0 Å². The lowest BCUT2D eigenvalue weighted by atomic mass is 10.0. The van der Waals surface area contributed by atoms with E-state index in [2.05, 4.69) is 15.9 Å². The number of aryl methyl sites for hydroxylation is 1. The first-order chi connectivity index (χ1) is 6.18. The zero-order chi connectivity index (χ0) is 9.42. The summed E-state index contributed by atoms with van der Waals surface area (Å²) in [6, 6.07) is 3.90. The van der Waals surface area contributed by atoms with Gasteiger partial charge in [0.2, 0.25) is 0 Å². The minimum atomic E-state index is -0.203. The van der Waals surface area contributed by atoms with Crippen LogP contribution in [0.5, 0.6) is 0 Å². The van der Waals surface area contributed by atoms with E-state index in [-0.39, 0.29) is 5.97 Å². The van der Waals surface area contributed by atoms with Crippen LogP contribution in [0.3, 0.4) is 0 Å². The zero-order valence-electron chi connectivity index (χ0n) is 7.26. The first kappa shape index (κ1) is 8.75. The van der Waals surface area contributed by atoms with Crippen molar-refractivity contribution in [3.63, 3.8) is 0 Å². The van der Waals surface area contributed by atoms with E-state index in [0.717, 1.165) is 22.0 Å². The Balaban J connectivity index is 2.63. The van der Waals surface area contributed by atoms with Crippen LogP contribution >= 0.6 is 15.9 Å². The van der Waals surface area contributed by atoms with Crippen LogP contribution < -0.4 is 0 Å². The van der Waals surface area contributed by atoms with Crippen molar-refractivity contribution in [3.05, 3.63) is 33.3 Å². The lowest BCUT2D eigenvalue weighted by Crippen LogP contribution is -2.18. The fraction of sp³-hybridized carbons (Fsp3) is 0.300. The first-order valence-corrected chi connectivity index (χ1v) is 4.94. The zero-order valence-corrected chi connectivity index (χ0v) is 8.85. The molecule has 1 heterocycles. The second kappa shape index (κ2) is 3.14. The number of halogens is 1. The van der Waals surface area contributed by atoms with Crippen LogP contribution in [0.4, 0.5) is 0 Å². The number of hydrogen-bond donors (Lipinski definition) is 0. The van der Waals surface area contributed by atoms with Crippen molar-refractivity contribution < 1.29 is 9.53 Å².